The van der Waals surface area contributed by atoms with Gasteiger partial charge in [-0.3, -0.25) is 4.79 Å². The van der Waals surface area contributed by atoms with Crippen LogP contribution in [0.1, 0.15) is 30.3 Å². The summed E-state index contributed by atoms with van der Waals surface area (Å²) in [7, 11) is 0. The molecule has 27 heavy (non-hydrogen) atoms. The quantitative estimate of drug-likeness (QED) is 0.566. The molecule has 6 heteroatoms. The van der Waals surface area contributed by atoms with E-state index in [-0.39, 0.29) is 11.6 Å². The van der Waals surface area contributed by atoms with E-state index in [4.69, 9.17) is 4.74 Å². The Morgan fingerprint density at radius 2 is 1.70 bits per heavy atom. The minimum atomic E-state index is -0.306. The van der Waals surface area contributed by atoms with Crippen molar-refractivity contribution in [2.45, 2.75) is 19.8 Å². The molecule has 1 aromatic heterocycles. The molecule has 2 N–H and O–H groups in total. The number of carbonyl (C=O) groups excluding carboxylic acids is 1. The van der Waals surface area contributed by atoms with Crippen LogP contribution < -0.4 is 15.4 Å². The Kier molecular flexibility index (Phi) is 6.35. The van der Waals surface area contributed by atoms with Crippen LogP contribution in [-0.4, -0.2) is 22.4 Å². The Morgan fingerprint density at radius 1 is 0.963 bits per heavy atom. The first-order valence-corrected chi connectivity index (χ1v) is 8.95. The molecule has 0 radical (unpaired) electrons. The van der Waals surface area contributed by atoms with Gasteiger partial charge in [0.1, 0.15) is 23.0 Å². The minimum Gasteiger partial charge on any atom is -0.457 e. The number of hydrogen-bond acceptors (Lipinski definition) is 5. The van der Waals surface area contributed by atoms with Gasteiger partial charge in [0, 0.05) is 12.2 Å². The highest BCUT2D eigenvalue weighted by molar-refractivity contribution is 6.02. The van der Waals surface area contributed by atoms with Gasteiger partial charge in [0.25, 0.3) is 5.91 Å². The van der Waals surface area contributed by atoms with Crippen LogP contribution >= 0.6 is 0 Å². The number of para-hydroxylation sites is 1. The Bertz CT molecular complexity index is 850. The molecule has 0 saturated heterocycles. The summed E-state index contributed by atoms with van der Waals surface area (Å²) in [5.74, 6) is 1.82. The maximum atomic E-state index is 12.3. The second-order valence-electron chi connectivity index (χ2n) is 5.96. The third-order valence-electron chi connectivity index (χ3n) is 3.81. The predicted octanol–water partition coefficient (Wildman–Crippen LogP) is 4.73. The van der Waals surface area contributed by atoms with E-state index in [1.807, 2.05) is 30.3 Å². The minimum absolute atomic E-state index is 0.264. The predicted molar refractivity (Wildman–Crippen MR) is 106 cm³/mol. The number of benzene rings is 2. The molecule has 1 heterocycles. The number of anilines is 2. The van der Waals surface area contributed by atoms with E-state index in [1.165, 1.54) is 6.20 Å². The Balaban J connectivity index is 1.55. The van der Waals surface area contributed by atoms with Crippen molar-refractivity contribution >= 4 is 17.4 Å². The molecule has 0 spiro atoms. The van der Waals surface area contributed by atoms with E-state index < -0.39 is 0 Å². The van der Waals surface area contributed by atoms with Crippen molar-refractivity contribution in [3.8, 4) is 11.5 Å². The normalized spacial score (nSPS) is 10.3. The van der Waals surface area contributed by atoms with Gasteiger partial charge in [-0.15, -0.1) is 0 Å². The summed E-state index contributed by atoms with van der Waals surface area (Å²) in [4.78, 5) is 20.7. The highest BCUT2D eigenvalue weighted by Gasteiger charge is 2.09. The van der Waals surface area contributed by atoms with Gasteiger partial charge in [-0.1, -0.05) is 31.5 Å². The molecular formula is C21H22N4O2. The van der Waals surface area contributed by atoms with E-state index in [0.29, 0.717) is 17.3 Å². The summed E-state index contributed by atoms with van der Waals surface area (Å²) in [5.41, 5.74) is 0.924. The third kappa shape index (κ3) is 5.54. The first-order chi connectivity index (χ1) is 13.2. The molecule has 3 aromatic rings. The van der Waals surface area contributed by atoms with Crippen LogP contribution in [0.3, 0.4) is 0 Å². The monoisotopic (exact) mass is 362 g/mol. The van der Waals surface area contributed by atoms with Crippen LogP contribution in [0.25, 0.3) is 0 Å². The van der Waals surface area contributed by atoms with Gasteiger partial charge in [-0.25, -0.2) is 9.97 Å². The summed E-state index contributed by atoms with van der Waals surface area (Å²) in [6.07, 6.45) is 5.21. The number of nitrogens with one attached hydrogen (secondary N) is 2. The highest BCUT2D eigenvalue weighted by Crippen LogP contribution is 2.22. The van der Waals surface area contributed by atoms with Crippen LogP contribution in [0.4, 0.5) is 11.5 Å². The lowest BCUT2D eigenvalue weighted by molar-refractivity contribution is 0.102. The van der Waals surface area contributed by atoms with Crippen LogP contribution in [0.2, 0.25) is 0 Å². The Morgan fingerprint density at radius 3 is 2.37 bits per heavy atom. The number of aromatic nitrogens is 2. The molecular weight excluding hydrogens is 340 g/mol. The van der Waals surface area contributed by atoms with Gasteiger partial charge in [-0.2, -0.15) is 0 Å². The zero-order valence-corrected chi connectivity index (χ0v) is 15.2. The second-order valence-corrected chi connectivity index (χ2v) is 5.96. The molecule has 0 aliphatic rings. The van der Waals surface area contributed by atoms with Crippen LogP contribution in [0.5, 0.6) is 11.5 Å². The Labute approximate surface area is 158 Å². The van der Waals surface area contributed by atoms with E-state index in [2.05, 4.69) is 27.5 Å². The molecule has 0 unspecified atom stereocenters. The largest absolute Gasteiger partial charge is 0.457 e. The molecule has 2 aromatic carbocycles. The summed E-state index contributed by atoms with van der Waals surface area (Å²) in [5, 5.41) is 5.97. The average Bonchev–Trinajstić information content (AvgIpc) is 2.71. The van der Waals surface area contributed by atoms with Crippen LogP contribution in [0.15, 0.2) is 67.0 Å². The van der Waals surface area contributed by atoms with Crippen molar-refractivity contribution in [1.29, 1.82) is 0 Å². The van der Waals surface area contributed by atoms with Crippen LogP contribution in [0, 0.1) is 0 Å². The maximum Gasteiger partial charge on any atom is 0.275 e. The van der Waals surface area contributed by atoms with Crippen molar-refractivity contribution in [3.05, 3.63) is 72.7 Å². The molecule has 0 aliphatic heterocycles. The highest BCUT2D eigenvalue weighted by atomic mass is 16.5. The van der Waals surface area contributed by atoms with Crippen molar-refractivity contribution in [3.63, 3.8) is 0 Å². The number of carbonyl (C=O) groups is 1. The van der Waals surface area contributed by atoms with Gasteiger partial charge in [0.15, 0.2) is 0 Å². The average molecular weight is 362 g/mol. The first kappa shape index (κ1) is 18.4. The molecule has 0 aliphatic carbocycles. The lowest BCUT2D eigenvalue weighted by Gasteiger charge is -2.08. The topological polar surface area (TPSA) is 76.1 Å². The molecule has 0 fully saturated rings. The number of unbranched alkanes of at least 4 members (excludes halogenated alkanes) is 1. The van der Waals surface area contributed by atoms with Gasteiger partial charge in [0.05, 0.1) is 12.4 Å². The summed E-state index contributed by atoms with van der Waals surface area (Å²) in [6, 6.07) is 16.7. The van der Waals surface area contributed by atoms with Crippen LogP contribution in [-0.2, 0) is 0 Å². The number of ether oxygens (including phenoxy) is 1. The number of hydrogen-bond donors (Lipinski definition) is 2. The summed E-state index contributed by atoms with van der Waals surface area (Å²) >= 11 is 0. The fourth-order valence-electron chi connectivity index (χ4n) is 2.36. The van der Waals surface area contributed by atoms with Crippen molar-refractivity contribution < 1.29 is 9.53 Å². The first-order valence-electron chi connectivity index (χ1n) is 8.95. The van der Waals surface area contributed by atoms with Gasteiger partial charge < -0.3 is 15.4 Å². The third-order valence-corrected chi connectivity index (χ3v) is 3.81. The molecule has 3 rings (SSSR count). The summed E-state index contributed by atoms with van der Waals surface area (Å²) in [6.45, 7) is 2.97. The molecule has 6 nitrogen and oxygen atoms in total. The molecule has 0 bridgehead atoms. The van der Waals surface area contributed by atoms with Gasteiger partial charge in [0.2, 0.25) is 0 Å². The smallest absolute Gasteiger partial charge is 0.275 e. The number of nitrogens with zero attached hydrogens (tertiary/aromatic N) is 2. The lowest BCUT2D eigenvalue weighted by Crippen LogP contribution is -2.14. The lowest BCUT2D eigenvalue weighted by atomic mass is 10.3. The zero-order chi connectivity index (χ0) is 18.9. The van der Waals surface area contributed by atoms with Gasteiger partial charge in [-0.05, 0) is 42.8 Å². The SMILES string of the molecule is CCCCNc1cnc(C(=O)Nc2ccc(Oc3ccccc3)cc2)cn1. The Hall–Kier alpha value is -3.41. The standard InChI is InChI=1S/C21H22N4O2/c1-2-3-13-22-20-15-23-19(14-24-20)21(26)25-16-9-11-18(12-10-16)27-17-7-5-4-6-8-17/h4-12,14-15H,2-3,13H2,1H3,(H,22,24)(H,25,26). The fraction of sp³-hybridized carbons (Fsp3) is 0.190. The van der Waals surface area contributed by atoms with Crippen molar-refractivity contribution in [2.75, 3.05) is 17.2 Å². The molecule has 0 atom stereocenters. The molecule has 1 amide bonds. The maximum absolute atomic E-state index is 12.3. The number of amides is 1. The van der Waals surface area contributed by atoms with E-state index in [0.717, 1.165) is 25.1 Å². The molecule has 0 saturated carbocycles. The van der Waals surface area contributed by atoms with Crippen molar-refractivity contribution in [2.24, 2.45) is 0 Å². The van der Waals surface area contributed by atoms with E-state index in [1.54, 1.807) is 30.5 Å². The summed E-state index contributed by atoms with van der Waals surface area (Å²) < 4.78 is 5.73. The second kappa shape index (κ2) is 9.33. The van der Waals surface area contributed by atoms with E-state index in [9.17, 15) is 4.79 Å². The molecule has 138 valence electrons. The zero-order valence-electron chi connectivity index (χ0n) is 15.2. The van der Waals surface area contributed by atoms with Gasteiger partial charge >= 0.3 is 0 Å². The number of rotatable bonds is 8. The fourth-order valence-corrected chi connectivity index (χ4v) is 2.36. The van der Waals surface area contributed by atoms with Crippen molar-refractivity contribution in [1.82, 2.24) is 9.97 Å². The van der Waals surface area contributed by atoms with E-state index >= 15 is 0 Å².